The van der Waals surface area contributed by atoms with Crippen LogP contribution in [0.2, 0.25) is 4.34 Å². The lowest BCUT2D eigenvalue weighted by atomic mass is 10.2. The van der Waals surface area contributed by atoms with Gasteiger partial charge in [0, 0.05) is 43.7 Å². The first kappa shape index (κ1) is 20.6. The highest BCUT2D eigenvalue weighted by Gasteiger charge is 2.20. The molecule has 0 bridgehead atoms. The molecule has 6 nitrogen and oxygen atoms in total. The Morgan fingerprint density at radius 2 is 2.04 bits per heavy atom. The number of rotatable bonds is 6. The molecule has 3 heterocycles. The maximum Gasteiger partial charge on any atom is 0.339 e. The van der Waals surface area contributed by atoms with E-state index in [0.29, 0.717) is 25.1 Å². The maximum absolute atomic E-state index is 12.6. The predicted molar refractivity (Wildman–Crippen MR) is 111 cm³/mol. The molecule has 0 saturated carbocycles. The van der Waals surface area contributed by atoms with Crippen LogP contribution in [0.1, 0.15) is 35.0 Å². The zero-order valence-corrected chi connectivity index (χ0v) is 17.5. The van der Waals surface area contributed by atoms with E-state index in [1.165, 1.54) is 11.3 Å². The summed E-state index contributed by atoms with van der Waals surface area (Å²) in [6.07, 6.45) is 3.67. The molecule has 2 aromatic rings. The standard InChI is InChI=1S/C20H24ClN3O3S/c1-2-27-20(26)15-4-8-18(22-14-15)23-10-3-11-24(13-12-23)19(25)9-6-16-5-7-17(21)28-16/h4-5,7-8,14H,2-3,6,9-13H2,1H3. The molecule has 8 heteroatoms. The molecule has 1 fully saturated rings. The van der Waals surface area contributed by atoms with Gasteiger partial charge in [-0.05, 0) is 44.0 Å². The summed E-state index contributed by atoms with van der Waals surface area (Å²) in [6.45, 7) is 5.10. The zero-order chi connectivity index (χ0) is 19.9. The number of carbonyl (C=O) groups excluding carboxylic acids is 2. The second-order valence-corrected chi connectivity index (χ2v) is 8.35. The minimum absolute atomic E-state index is 0.178. The number of esters is 1. The molecule has 2 aromatic heterocycles. The van der Waals surface area contributed by atoms with E-state index in [1.807, 2.05) is 23.1 Å². The van der Waals surface area contributed by atoms with E-state index in [2.05, 4.69) is 9.88 Å². The highest BCUT2D eigenvalue weighted by atomic mass is 35.5. The second-order valence-electron chi connectivity index (χ2n) is 6.55. The number of halogens is 1. The van der Waals surface area contributed by atoms with Gasteiger partial charge >= 0.3 is 5.97 Å². The van der Waals surface area contributed by atoms with Gasteiger partial charge in [-0.25, -0.2) is 9.78 Å². The second kappa shape index (κ2) is 9.89. The van der Waals surface area contributed by atoms with Crippen LogP contribution in [0.25, 0.3) is 0 Å². The van der Waals surface area contributed by atoms with Gasteiger partial charge < -0.3 is 14.5 Å². The van der Waals surface area contributed by atoms with E-state index in [0.717, 1.165) is 47.5 Å². The predicted octanol–water partition coefficient (Wildman–Crippen LogP) is 3.64. The van der Waals surface area contributed by atoms with Crippen LogP contribution in [0.3, 0.4) is 0 Å². The van der Waals surface area contributed by atoms with Crippen LogP contribution in [0.15, 0.2) is 30.5 Å². The average molecular weight is 422 g/mol. The summed E-state index contributed by atoms with van der Waals surface area (Å²) in [5.41, 5.74) is 0.450. The van der Waals surface area contributed by atoms with E-state index < -0.39 is 0 Å². The van der Waals surface area contributed by atoms with Crippen molar-refractivity contribution in [3.63, 3.8) is 0 Å². The Hall–Kier alpha value is -2.12. The van der Waals surface area contributed by atoms with Crippen molar-refractivity contribution in [2.75, 3.05) is 37.7 Å². The number of hydrogen-bond acceptors (Lipinski definition) is 6. The molecular weight excluding hydrogens is 398 g/mol. The Balaban J connectivity index is 1.52. The smallest absolute Gasteiger partial charge is 0.339 e. The lowest BCUT2D eigenvalue weighted by Gasteiger charge is -2.23. The maximum atomic E-state index is 12.6. The molecule has 0 unspecified atom stereocenters. The summed E-state index contributed by atoms with van der Waals surface area (Å²) < 4.78 is 5.75. The van der Waals surface area contributed by atoms with Crippen molar-refractivity contribution in [3.8, 4) is 0 Å². The molecule has 1 amide bonds. The van der Waals surface area contributed by atoms with Gasteiger partial charge in [0.2, 0.25) is 5.91 Å². The van der Waals surface area contributed by atoms with E-state index in [1.54, 1.807) is 19.2 Å². The topological polar surface area (TPSA) is 62.7 Å². The number of thiophene rings is 1. The van der Waals surface area contributed by atoms with Crippen LogP contribution >= 0.6 is 22.9 Å². The van der Waals surface area contributed by atoms with Gasteiger partial charge in [0.1, 0.15) is 5.82 Å². The SMILES string of the molecule is CCOC(=O)c1ccc(N2CCCN(C(=O)CCc3ccc(Cl)s3)CC2)nc1. The Morgan fingerprint density at radius 3 is 2.71 bits per heavy atom. The van der Waals surface area contributed by atoms with Crippen molar-refractivity contribution in [1.29, 1.82) is 0 Å². The highest BCUT2D eigenvalue weighted by Crippen LogP contribution is 2.23. The summed E-state index contributed by atoms with van der Waals surface area (Å²) >= 11 is 7.48. The minimum Gasteiger partial charge on any atom is -0.462 e. The van der Waals surface area contributed by atoms with Crippen LogP contribution in [-0.2, 0) is 16.0 Å². The van der Waals surface area contributed by atoms with E-state index in [9.17, 15) is 9.59 Å². The fraction of sp³-hybridized carbons (Fsp3) is 0.450. The molecule has 0 spiro atoms. The van der Waals surface area contributed by atoms with Crippen molar-refractivity contribution >= 4 is 40.6 Å². The Bertz CT molecular complexity index is 809. The largest absolute Gasteiger partial charge is 0.462 e. The summed E-state index contributed by atoms with van der Waals surface area (Å²) in [6, 6.07) is 7.43. The summed E-state index contributed by atoms with van der Waals surface area (Å²) in [7, 11) is 0. The fourth-order valence-corrected chi connectivity index (χ4v) is 4.27. The molecule has 1 aliphatic rings. The van der Waals surface area contributed by atoms with Crippen molar-refractivity contribution in [2.45, 2.75) is 26.2 Å². The van der Waals surface area contributed by atoms with Gasteiger partial charge in [-0.15, -0.1) is 11.3 Å². The van der Waals surface area contributed by atoms with Crippen molar-refractivity contribution in [1.82, 2.24) is 9.88 Å². The number of anilines is 1. The number of amides is 1. The lowest BCUT2D eigenvalue weighted by molar-refractivity contribution is -0.130. The Kier molecular flexibility index (Phi) is 7.28. The van der Waals surface area contributed by atoms with Gasteiger partial charge in [0.05, 0.1) is 16.5 Å². The van der Waals surface area contributed by atoms with Crippen molar-refractivity contribution in [2.24, 2.45) is 0 Å². The molecule has 0 N–H and O–H groups in total. The molecule has 0 radical (unpaired) electrons. The molecule has 150 valence electrons. The number of hydrogen-bond donors (Lipinski definition) is 0. The first-order valence-electron chi connectivity index (χ1n) is 9.47. The fourth-order valence-electron chi connectivity index (χ4n) is 3.18. The number of aryl methyl sites for hydroxylation is 1. The number of aromatic nitrogens is 1. The molecule has 0 atom stereocenters. The van der Waals surface area contributed by atoms with Gasteiger partial charge in [0.25, 0.3) is 0 Å². The first-order chi connectivity index (χ1) is 13.6. The summed E-state index contributed by atoms with van der Waals surface area (Å²) in [5.74, 6) is 0.633. The van der Waals surface area contributed by atoms with Gasteiger partial charge in [-0.3, -0.25) is 4.79 Å². The van der Waals surface area contributed by atoms with Crippen molar-refractivity contribution < 1.29 is 14.3 Å². The lowest BCUT2D eigenvalue weighted by Crippen LogP contribution is -2.35. The van der Waals surface area contributed by atoms with E-state index >= 15 is 0 Å². The first-order valence-corrected chi connectivity index (χ1v) is 10.7. The van der Waals surface area contributed by atoms with Crippen LogP contribution in [0.4, 0.5) is 5.82 Å². The molecule has 28 heavy (non-hydrogen) atoms. The number of nitrogens with zero attached hydrogens (tertiary/aromatic N) is 3. The molecule has 0 aliphatic carbocycles. The number of ether oxygens (including phenoxy) is 1. The quantitative estimate of drug-likeness (QED) is 0.666. The van der Waals surface area contributed by atoms with E-state index in [4.69, 9.17) is 16.3 Å². The third kappa shape index (κ3) is 5.45. The average Bonchev–Trinajstić information content (AvgIpc) is 2.97. The molecule has 3 rings (SSSR count). The summed E-state index contributed by atoms with van der Waals surface area (Å²) in [5, 5.41) is 0. The molecule has 0 aromatic carbocycles. The molecule has 1 saturated heterocycles. The Morgan fingerprint density at radius 1 is 1.18 bits per heavy atom. The third-order valence-electron chi connectivity index (χ3n) is 4.65. The Labute approximate surface area is 174 Å². The van der Waals surface area contributed by atoms with Crippen LogP contribution in [0.5, 0.6) is 0 Å². The van der Waals surface area contributed by atoms with Gasteiger partial charge in [0.15, 0.2) is 0 Å². The normalized spacial score (nSPS) is 14.6. The van der Waals surface area contributed by atoms with Crippen LogP contribution in [-0.4, -0.2) is 54.5 Å². The summed E-state index contributed by atoms with van der Waals surface area (Å²) in [4.78, 5) is 33.9. The number of pyridine rings is 1. The van der Waals surface area contributed by atoms with E-state index in [-0.39, 0.29) is 11.9 Å². The third-order valence-corrected chi connectivity index (χ3v) is 5.94. The zero-order valence-electron chi connectivity index (χ0n) is 15.9. The number of carbonyl (C=O) groups is 2. The van der Waals surface area contributed by atoms with Crippen LogP contribution < -0.4 is 4.90 Å². The van der Waals surface area contributed by atoms with Crippen LogP contribution in [0, 0.1) is 0 Å². The van der Waals surface area contributed by atoms with Gasteiger partial charge in [-0.2, -0.15) is 0 Å². The molecular formula is C20H24ClN3O3S. The minimum atomic E-state index is -0.360. The highest BCUT2D eigenvalue weighted by molar-refractivity contribution is 7.16. The monoisotopic (exact) mass is 421 g/mol. The van der Waals surface area contributed by atoms with Gasteiger partial charge in [-0.1, -0.05) is 11.6 Å². The molecule has 1 aliphatic heterocycles. The van der Waals surface area contributed by atoms with Crippen molar-refractivity contribution in [3.05, 3.63) is 45.2 Å².